The van der Waals surface area contributed by atoms with E-state index in [4.69, 9.17) is 4.74 Å². The number of anilines is 1. The molecule has 0 saturated carbocycles. The molecule has 2 fully saturated rings. The summed E-state index contributed by atoms with van der Waals surface area (Å²) in [5.74, 6) is 1.34. The summed E-state index contributed by atoms with van der Waals surface area (Å²) in [6.45, 7) is 3.73. The van der Waals surface area contributed by atoms with Crippen molar-refractivity contribution in [3.63, 3.8) is 0 Å². The number of likely N-dealkylation sites (N-methyl/N-ethyl adjacent to an activating group) is 1. The average Bonchev–Trinajstić information content (AvgIpc) is 3.30. The van der Waals surface area contributed by atoms with E-state index in [1.54, 1.807) is 0 Å². The van der Waals surface area contributed by atoms with Crippen molar-refractivity contribution in [2.45, 2.75) is 43.7 Å². The highest BCUT2D eigenvalue weighted by Crippen LogP contribution is 2.39. The van der Waals surface area contributed by atoms with Gasteiger partial charge in [0.1, 0.15) is 17.4 Å². The number of carbonyl (C=O) groups excluding carboxylic acids is 1. The molecule has 1 spiro atoms. The third-order valence-electron chi connectivity index (χ3n) is 7.08. The number of hydrogen-bond donors (Lipinski definition) is 0. The number of rotatable bonds is 5. The summed E-state index contributed by atoms with van der Waals surface area (Å²) in [6, 6.07) is 18.8. The SMILES string of the molecule is CN1CN(c2ccccc2)C2(CCN(CCC[C@H]3Cc4ccccc4O3)CC2)C1=O. The Morgan fingerprint density at radius 2 is 1.77 bits per heavy atom. The molecule has 1 amide bonds. The van der Waals surface area contributed by atoms with Crippen LogP contribution in [0.4, 0.5) is 5.69 Å². The maximum absolute atomic E-state index is 13.1. The summed E-state index contributed by atoms with van der Waals surface area (Å²) < 4.78 is 6.09. The molecular formula is C25H31N3O2. The Balaban J connectivity index is 1.15. The maximum Gasteiger partial charge on any atom is 0.249 e. The number of likely N-dealkylation sites (tertiary alicyclic amines) is 1. The predicted octanol–water partition coefficient (Wildman–Crippen LogP) is 3.54. The van der Waals surface area contributed by atoms with Crippen LogP contribution in [0.1, 0.15) is 31.2 Å². The topological polar surface area (TPSA) is 36.0 Å². The number of hydrogen-bond acceptors (Lipinski definition) is 4. The molecule has 0 bridgehead atoms. The molecule has 5 rings (SSSR count). The zero-order valence-electron chi connectivity index (χ0n) is 17.8. The van der Waals surface area contributed by atoms with Crippen molar-refractivity contribution < 1.29 is 9.53 Å². The minimum absolute atomic E-state index is 0.281. The number of para-hydroxylation sites is 2. The number of piperidine rings is 1. The van der Waals surface area contributed by atoms with Crippen LogP contribution in [0.2, 0.25) is 0 Å². The van der Waals surface area contributed by atoms with Crippen LogP contribution in [-0.4, -0.2) is 60.7 Å². The van der Waals surface area contributed by atoms with Gasteiger partial charge in [0.2, 0.25) is 5.91 Å². The Bertz CT molecular complexity index is 867. The lowest BCUT2D eigenvalue weighted by Crippen LogP contribution is -2.56. The van der Waals surface area contributed by atoms with Gasteiger partial charge in [-0.3, -0.25) is 4.79 Å². The first-order valence-electron chi connectivity index (χ1n) is 11.2. The first kappa shape index (κ1) is 19.4. The molecule has 0 aromatic heterocycles. The van der Waals surface area contributed by atoms with Gasteiger partial charge < -0.3 is 19.4 Å². The number of carbonyl (C=O) groups is 1. The van der Waals surface area contributed by atoms with E-state index in [-0.39, 0.29) is 11.4 Å². The van der Waals surface area contributed by atoms with Crippen LogP contribution in [0.3, 0.4) is 0 Å². The third-order valence-corrected chi connectivity index (χ3v) is 7.08. The molecule has 3 heterocycles. The van der Waals surface area contributed by atoms with Crippen LogP contribution in [-0.2, 0) is 11.2 Å². The van der Waals surface area contributed by atoms with Crippen molar-refractivity contribution in [2.24, 2.45) is 0 Å². The van der Waals surface area contributed by atoms with Crippen molar-refractivity contribution in [1.82, 2.24) is 9.80 Å². The lowest BCUT2D eigenvalue weighted by Gasteiger charge is -2.43. The van der Waals surface area contributed by atoms with Gasteiger partial charge in [-0.05, 0) is 56.0 Å². The van der Waals surface area contributed by atoms with E-state index in [2.05, 4.69) is 52.3 Å². The van der Waals surface area contributed by atoms with Gasteiger partial charge in [0.25, 0.3) is 0 Å². The molecule has 5 nitrogen and oxygen atoms in total. The fraction of sp³-hybridized carbons (Fsp3) is 0.480. The smallest absolute Gasteiger partial charge is 0.249 e. The van der Waals surface area contributed by atoms with Crippen molar-refractivity contribution in [3.05, 3.63) is 60.2 Å². The van der Waals surface area contributed by atoms with E-state index < -0.39 is 0 Å². The van der Waals surface area contributed by atoms with E-state index in [1.165, 1.54) is 5.56 Å². The first-order chi connectivity index (χ1) is 14.7. The normalized spacial score (nSPS) is 23.1. The number of fused-ring (bicyclic) bond motifs is 1. The van der Waals surface area contributed by atoms with Crippen LogP contribution in [0, 0.1) is 0 Å². The number of ether oxygens (including phenoxy) is 1. The summed E-state index contributed by atoms with van der Waals surface area (Å²) in [6.07, 6.45) is 5.38. The molecule has 2 saturated heterocycles. The fourth-order valence-electron chi connectivity index (χ4n) is 5.41. The molecule has 0 N–H and O–H groups in total. The molecule has 1 atom stereocenters. The monoisotopic (exact) mass is 405 g/mol. The molecule has 158 valence electrons. The van der Waals surface area contributed by atoms with Gasteiger partial charge in [0.05, 0.1) is 6.67 Å². The zero-order chi connectivity index (χ0) is 20.6. The Hall–Kier alpha value is -2.53. The highest BCUT2D eigenvalue weighted by atomic mass is 16.5. The van der Waals surface area contributed by atoms with E-state index in [1.807, 2.05) is 24.1 Å². The Kier molecular flexibility index (Phi) is 5.15. The van der Waals surface area contributed by atoms with Gasteiger partial charge in [-0.25, -0.2) is 0 Å². The van der Waals surface area contributed by atoms with Crippen LogP contribution in [0.15, 0.2) is 54.6 Å². The number of benzene rings is 2. The van der Waals surface area contributed by atoms with E-state index >= 15 is 0 Å². The predicted molar refractivity (Wildman–Crippen MR) is 119 cm³/mol. The summed E-state index contributed by atoms with van der Waals surface area (Å²) in [7, 11) is 1.93. The second kappa shape index (κ2) is 7.95. The van der Waals surface area contributed by atoms with E-state index in [0.29, 0.717) is 12.8 Å². The molecule has 5 heteroatoms. The second-order valence-corrected chi connectivity index (χ2v) is 8.98. The molecule has 0 aliphatic carbocycles. The maximum atomic E-state index is 13.1. The molecule has 2 aromatic carbocycles. The molecule has 30 heavy (non-hydrogen) atoms. The number of nitrogens with zero attached hydrogens (tertiary/aromatic N) is 3. The molecule has 0 radical (unpaired) electrons. The molecule has 3 aliphatic heterocycles. The minimum Gasteiger partial charge on any atom is -0.490 e. The van der Waals surface area contributed by atoms with Gasteiger partial charge in [-0.2, -0.15) is 0 Å². The van der Waals surface area contributed by atoms with Gasteiger partial charge in [-0.15, -0.1) is 0 Å². The Morgan fingerprint density at radius 3 is 2.53 bits per heavy atom. The van der Waals surface area contributed by atoms with Crippen LogP contribution < -0.4 is 9.64 Å². The quantitative estimate of drug-likeness (QED) is 0.762. The molecule has 3 aliphatic rings. The summed E-state index contributed by atoms with van der Waals surface area (Å²) in [4.78, 5) is 19.9. The standard InChI is InChI=1S/C25H31N3O2/c1-26-19-28(21-9-3-2-4-10-21)25(24(26)29)13-16-27(17-14-25)15-7-11-22-18-20-8-5-6-12-23(20)30-22/h2-6,8-10,12,22H,7,11,13-19H2,1H3/t22-/m0/s1. The van der Waals surface area contributed by atoms with Gasteiger partial charge >= 0.3 is 0 Å². The van der Waals surface area contributed by atoms with Gasteiger partial charge in [0.15, 0.2) is 0 Å². The van der Waals surface area contributed by atoms with Crippen molar-refractivity contribution in [1.29, 1.82) is 0 Å². The summed E-state index contributed by atoms with van der Waals surface area (Å²) in [5, 5.41) is 0. The van der Waals surface area contributed by atoms with Crippen molar-refractivity contribution in [2.75, 3.05) is 38.3 Å². The highest BCUT2D eigenvalue weighted by Gasteiger charge is 2.52. The Morgan fingerprint density at radius 1 is 1.03 bits per heavy atom. The highest BCUT2D eigenvalue weighted by molar-refractivity contribution is 5.93. The van der Waals surface area contributed by atoms with Crippen molar-refractivity contribution >= 4 is 11.6 Å². The van der Waals surface area contributed by atoms with E-state index in [0.717, 1.165) is 63.2 Å². The fourth-order valence-corrected chi connectivity index (χ4v) is 5.41. The van der Waals surface area contributed by atoms with Gasteiger partial charge in [0, 0.05) is 32.2 Å². The van der Waals surface area contributed by atoms with Gasteiger partial charge in [-0.1, -0.05) is 36.4 Å². The second-order valence-electron chi connectivity index (χ2n) is 8.98. The average molecular weight is 406 g/mol. The number of amides is 1. The van der Waals surface area contributed by atoms with Crippen LogP contribution in [0.25, 0.3) is 0 Å². The first-order valence-corrected chi connectivity index (χ1v) is 11.2. The third kappa shape index (κ3) is 3.45. The van der Waals surface area contributed by atoms with E-state index in [9.17, 15) is 4.79 Å². The summed E-state index contributed by atoms with van der Waals surface area (Å²) >= 11 is 0. The largest absolute Gasteiger partial charge is 0.490 e. The van der Waals surface area contributed by atoms with Crippen LogP contribution >= 0.6 is 0 Å². The lowest BCUT2D eigenvalue weighted by atomic mass is 9.85. The van der Waals surface area contributed by atoms with Crippen LogP contribution in [0.5, 0.6) is 5.75 Å². The molecular weight excluding hydrogens is 374 g/mol. The zero-order valence-corrected chi connectivity index (χ0v) is 17.8. The molecule has 2 aromatic rings. The summed E-state index contributed by atoms with van der Waals surface area (Å²) in [5.41, 5.74) is 2.12. The Labute approximate surface area is 179 Å². The van der Waals surface area contributed by atoms with Crippen molar-refractivity contribution in [3.8, 4) is 5.75 Å². The minimum atomic E-state index is -0.372. The lowest BCUT2D eigenvalue weighted by molar-refractivity contribution is -0.132. The molecule has 0 unspecified atom stereocenters.